The van der Waals surface area contributed by atoms with E-state index >= 15 is 0 Å². The first-order chi connectivity index (χ1) is 17.6. The van der Waals surface area contributed by atoms with Gasteiger partial charge in [0.25, 0.3) is 0 Å². The summed E-state index contributed by atoms with van der Waals surface area (Å²) in [6, 6.07) is 4.24. The number of hydrogen-bond donors (Lipinski definition) is 7. The van der Waals surface area contributed by atoms with Crippen molar-refractivity contribution < 1.29 is 39.0 Å². The lowest BCUT2D eigenvalue weighted by atomic mass is 10.0. The van der Waals surface area contributed by atoms with Gasteiger partial charge < -0.3 is 37.2 Å². The number of rotatable bonds is 15. The molecule has 1 heterocycles. The molecule has 0 bridgehead atoms. The van der Waals surface area contributed by atoms with Gasteiger partial charge in [-0.1, -0.05) is 30.3 Å². The highest BCUT2D eigenvalue weighted by Crippen LogP contribution is 2.09. The highest BCUT2D eigenvalue weighted by atomic mass is 16.4. The summed E-state index contributed by atoms with van der Waals surface area (Å²) < 4.78 is 0. The van der Waals surface area contributed by atoms with Crippen LogP contribution in [0.5, 0.6) is 0 Å². The van der Waals surface area contributed by atoms with Gasteiger partial charge in [-0.25, -0.2) is 4.79 Å². The molecule has 0 aromatic heterocycles. The van der Waals surface area contributed by atoms with Gasteiger partial charge in [0.2, 0.25) is 23.6 Å². The number of carboxylic acid groups (broad SMARTS) is 2. The maximum Gasteiger partial charge on any atom is 0.326 e. The van der Waals surface area contributed by atoms with E-state index in [2.05, 4.69) is 21.3 Å². The Morgan fingerprint density at radius 2 is 1.51 bits per heavy atom. The van der Waals surface area contributed by atoms with E-state index in [1.54, 1.807) is 30.3 Å². The van der Waals surface area contributed by atoms with Gasteiger partial charge >= 0.3 is 11.9 Å². The Morgan fingerprint density at radius 1 is 0.892 bits per heavy atom. The van der Waals surface area contributed by atoms with E-state index in [9.17, 15) is 33.9 Å². The number of amides is 4. The van der Waals surface area contributed by atoms with Gasteiger partial charge in [0.15, 0.2) is 0 Å². The molecule has 37 heavy (non-hydrogen) atoms. The quantitative estimate of drug-likeness (QED) is 0.145. The second-order valence-corrected chi connectivity index (χ2v) is 8.80. The molecular formula is C24H33N5O8. The van der Waals surface area contributed by atoms with Crippen molar-refractivity contribution in [2.24, 2.45) is 5.73 Å². The van der Waals surface area contributed by atoms with Crippen LogP contribution in [0, 0.1) is 0 Å². The van der Waals surface area contributed by atoms with Crippen LogP contribution in [0.25, 0.3) is 0 Å². The minimum Gasteiger partial charge on any atom is -0.481 e. The molecular weight excluding hydrogens is 486 g/mol. The van der Waals surface area contributed by atoms with Gasteiger partial charge in [-0.15, -0.1) is 0 Å². The largest absolute Gasteiger partial charge is 0.481 e. The third-order valence-electron chi connectivity index (χ3n) is 5.87. The summed E-state index contributed by atoms with van der Waals surface area (Å²) in [6.07, 6.45) is 0.240. The monoisotopic (exact) mass is 519 g/mol. The van der Waals surface area contributed by atoms with E-state index in [0.29, 0.717) is 18.5 Å². The van der Waals surface area contributed by atoms with E-state index in [1.165, 1.54) is 0 Å². The normalized spacial score (nSPS) is 17.1. The summed E-state index contributed by atoms with van der Waals surface area (Å²) in [4.78, 5) is 72.6. The number of benzene rings is 1. The number of carbonyl (C=O) groups is 6. The SMILES string of the molecule is NC(=O)CC[C@H](NC(=O)[C@@H]1CCCN1)C(=O)N[C@@H](Cc1ccccc1)C(=O)N[C@@H](CCC(=O)O)C(=O)O. The van der Waals surface area contributed by atoms with Crippen molar-refractivity contribution in [3.8, 4) is 0 Å². The smallest absolute Gasteiger partial charge is 0.326 e. The van der Waals surface area contributed by atoms with Crippen LogP contribution in [0.1, 0.15) is 44.1 Å². The molecule has 1 fully saturated rings. The summed E-state index contributed by atoms with van der Waals surface area (Å²) in [6.45, 7) is 0.655. The predicted molar refractivity (Wildman–Crippen MR) is 130 cm³/mol. The molecule has 0 unspecified atom stereocenters. The maximum atomic E-state index is 13.2. The molecule has 1 saturated heterocycles. The summed E-state index contributed by atoms with van der Waals surface area (Å²) in [7, 11) is 0. The number of aliphatic carboxylic acids is 2. The van der Waals surface area contributed by atoms with Crippen molar-refractivity contribution in [1.29, 1.82) is 0 Å². The van der Waals surface area contributed by atoms with Crippen molar-refractivity contribution in [1.82, 2.24) is 21.3 Å². The van der Waals surface area contributed by atoms with Gasteiger partial charge in [-0.05, 0) is 37.8 Å². The average molecular weight is 520 g/mol. The van der Waals surface area contributed by atoms with Crippen LogP contribution in [0.4, 0.5) is 0 Å². The number of hydrogen-bond acceptors (Lipinski definition) is 7. The molecule has 202 valence electrons. The minimum absolute atomic E-state index is 0.00957. The molecule has 1 aliphatic rings. The second kappa shape index (κ2) is 14.5. The molecule has 8 N–H and O–H groups in total. The summed E-state index contributed by atoms with van der Waals surface area (Å²) in [5.41, 5.74) is 5.88. The zero-order valence-corrected chi connectivity index (χ0v) is 20.3. The van der Waals surface area contributed by atoms with Crippen molar-refractivity contribution in [3.05, 3.63) is 35.9 Å². The zero-order chi connectivity index (χ0) is 27.4. The Kier molecular flexibility index (Phi) is 11.5. The fraction of sp³-hybridized carbons (Fsp3) is 0.500. The Morgan fingerprint density at radius 3 is 2.08 bits per heavy atom. The van der Waals surface area contributed by atoms with Crippen molar-refractivity contribution in [3.63, 3.8) is 0 Å². The molecule has 1 aromatic rings. The number of nitrogens with one attached hydrogen (secondary N) is 4. The first-order valence-electron chi connectivity index (χ1n) is 12.0. The first kappa shape index (κ1) is 29.2. The first-order valence-corrected chi connectivity index (χ1v) is 12.0. The average Bonchev–Trinajstić information content (AvgIpc) is 3.39. The number of nitrogens with two attached hydrogens (primary N) is 1. The Balaban J connectivity index is 2.20. The third-order valence-corrected chi connectivity index (χ3v) is 5.87. The van der Waals surface area contributed by atoms with Crippen LogP contribution in [0.15, 0.2) is 30.3 Å². The summed E-state index contributed by atoms with van der Waals surface area (Å²) in [5.74, 6) is -5.33. The molecule has 1 aromatic carbocycles. The van der Waals surface area contributed by atoms with Gasteiger partial charge in [-0.3, -0.25) is 24.0 Å². The summed E-state index contributed by atoms with van der Waals surface area (Å²) in [5, 5.41) is 28.7. The molecule has 0 saturated carbocycles. The third kappa shape index (κ3) is 10.3. The molecule has 0 aliphatic carbocycles. The highest BCUT2D eigenvalue weighted by Gasteiger charge is 2.32. The fourth-order valence-electron chi connectivity index (χ4n) is 3.86. The van der Waals surface area contributed by atoms with E-state index in [4.69, 9.17) is 10.8 Å². The van der Waals surface area contributed by atoms with E-state index in [-0.39, 0.29) is 25.7 Å². The van der Waals surface area contributed by atoms with Crippen LogP contribution in [0.3, 0.4) is 0 Å². The maximum absolute atomic E-state index is 13.2. The Labute approximate surface area is 213 Å². The molecule has 2 rings (SSSR count). The van der Waals surface area contributed by atoms with E-state index in [0.717, 1.165) is 6.42 Å². The van der Waals surface area contributed by atoms with Crippen molar-refractivity contribution >= 4 is 35.6 Å². The van der Waals surface area contributed by atoms with Crippen LogP contribution in [0.2, 0.25) is 0 Å². The second-order valence-electron chi connectivity index (χ2n) is 8.80. The molecule has 13 nitrogen and oxygen atoms in total. The van der Waals surface area contributed by atoms with E-state index in [1.807, 2.05) is 0 Å². The highest BCUT2D eigenvalue weighted by molar-refractivity contribution is 5.94. The Bertz CT molecular complexity index is 981. The lowest BCUT2D eigenvalue weighted by Gasteiger charge is -2.25. The van der Waals surface area contributed by atoms with Gasteiger partial charge in [0.05, 0.1) is 6.04 Å². The fourth-order valence-corrected chi connectivity index (χ4v) is 3.86. The van der Waals surface area contributed by atoms with Crippen molar-refractivity contribution in [2.45, 2.75) is 69.1 Å². The molecule has 13 heteroatoms. The lowest BCUT2D eigenvalue weighted by Crippen LogP contribution is -2.57. The summed E-state index contributed by atoms with van der Waals surface area (Å²) >= 11 is 0. The molecule has 4 atom stereocenters. The number of carboxylic acids is 2. The zero-order valence-electron chi connectivity index (χ0n) is 20.3. The standard InChI is InChI=1S/C24H33N5O8/c25-19(30)10-8-16(27-21(33)15-7-4-12-26-15)22(34)29-18(13-14-5-2-1-3-6-14)23(35)28-17(24(36)37)9-11-20(31)32/h1-3,5-6,15-18,26H,4,7-13H2,(H2,25,30)(H,27,33)(H,28,35)(H,29,34)(H,31,32)(H,36,37)/t15-,16-,17-,18-/m0/s1. The van der Waals surface area contributed by atoms with Crippen LogP contribution < -0.4 is 27.0 Å². The topological polar surface area (TPSA) is 217 Å². The molecule has 4 amide bonds. The molecule has 1 aliphatic heterocycles. The van der Waals surface area contributed by atoms with Gasteiger partial charge in [0.1, 0.15) is 18.1 Å². The van der Waals surface area contributed by atoms with E-state index < -0.39 is 66.2 Å². The molecule has 0 radical (unpaired) electrons. The predicted octanol–water partition coefficient (Wildman–Crippen LogP) is -1.35. The van der Waals surface area contributed by atoms with Crippen molar-refractivity contribution in [2.75, 3.05) is 6.54 Å². The lowest BCUT2D eigenvalue weighted by molar-refractivity contribution is -0.143. The van der Waals surface area contributed by atoms with Crippen LogP contribution >= 0.6 is 0 Å². The molecule has 0 spiro atoms. The van der Waals surface area contributed by atoms with Crippen LogP contribution in [-0.2, 0) is 35.2 Å². The number of primary amides is 1. The number of carbonyl (C=O) groups excluding carboxylic acids is 4. The van der Waals surface area contributed by atoms with Gasteiger partial charge in [0, 0.05) is 19.3 Å². The van der Waals surface area contributed by atoms with Gasteiger partial charge in [-0.2, -0.15) is 0 Å². The minimum atomic E-state index is -1.49. The van der Waals surface area contributed by atoms with Crippen LogP contribution in [-0.4, -0.2) is 76.5 Å². The Hall–Kier alpha value is -4.00.